The van der Waals surface area contributed by atoms with Crippen LogP contribution < -0.4 is 4.90 Å². The van der Waals surface area contributed by atoms with E-state index in [0.717, 1.165) is 73.3 Å². The van der Waals surface area contributed by atoms with Gasteiger partial charge in [-0.05, 0) is 70.1 Å². The van der Waals surface area contributed by atoms with Crippen molar-refractivity contribution in [3.05, 3.63) is 42.5 Å². The van der Waals surface area contributed by atoms with Crippen LogP contribution in [0.1, 0.15) is 45.6 Å². The second-order valence-corrected chi connectivity index (χ2v) is 10.6. The van der Waals surface area contributed by atoms with Crippen LogP contribution >= 0.6 is 0 Å². The molecule has 8 nitrogen and oxygen atoms in total. The van der Waals surface area contributed by atoms with Crippen LogP contribution in [0.4, 0.5) is 10.6 Å². The number of pyridine rings is 2. The van der Waals surface area contributed by atoms with E-state index in [9.17, 15) is 4.79 Å². The van der Waals surface area contributed by atoms with Gasteiger partial charge in [-0.25, -0.2) is 14.8 Å². The van der Waals surface area contributed by atoms with Crippen molar-refractivity contribution in [1.29, 1.82) is 0 Å². The lowest BCUT2D eigenvalue weighted by atomic mass is 9.77. The van der Waals surface area contributed by atoms with Crippen molar-refractivity contribution in [1.82, 2.24) is 24.8 Å². The molecule has 0 saturated carbocycles. The summed E-state index contributed by atoms with van der Waals surface area (Å²) in [6.45, 7) is 11.1. The van der Waals surface area contributed by atoms with E-state index in [-0.39, 0.29) is 11.5 Å². The number of aromatic nitrogens is 4. The normalized spacial score (nSPS) is 18.0. The fraction of sp³-hybridized carbons (Fsp3) is 0.500. The van der Waals surface area contributed by atoms with Crippen molar-refractivity contribution in [3.8, 4) is 11.4 Å². The monoisotopic (exact) mass is 460 g/mol. The average Bonchev–Trinajstić information content (AvgIpc) is 3.22. The van der Waals surface area contributed by atoms with Crippen molar-refractivity contribution in [2.24, 2.45) is 5.41 Å². The standard InChI is InChI=1S/C26H32N6O2/c1-18-15-28-16-20-21(18)23(30-22(29-20)19-5-10-27-11-6-19)31-12-7-26(8-13-31)9-14-32(17-26)24(33)34-25(2,3)4/h5-6,10-11,15-16H,7-9,12-14,17H2,1-4H3. The molecule has 34 heavy (non-hydrogen) atoms. The van der Waals surface area contributed by atoms with Crippen molar-refractivity contribution in [3.63, 3.8) is 0 Å². The third-order valence-corrected chi connectivity index (χ3v) is 6.93. The molecule has 0 bridgehead atoms. The van der Waals surface area contributed by atoms with Crippen molar-refractivity contribution < 1.29 is 9.53 Å². The second-order valence-electron chi connectivity index (χ2n) is 10.6. The summed E-state index contributed by atoms with van der Waals surface area (Å²) < 4.78 is 5.61. The number of piperidine rings is 1. The zero-order chi connectivity index (χ0) is 23.9. The van der Waals surface area contributed by atoms with E-state index in [4.69, 9.17) is 14.7 Å². The first-order chi connectivity index (χ1) is 16.2. The van der Waals surface area contributed by atoms with Gasteiger partial charge in [0.2, 0.25) is 0 Å². The molecular weight excluding hydrogens is 428 g/mol. The van der Waals surface area contributed by atoms with Crippen LogP contribution in [-0.4, -0.2) is 62.7 Å². The van der Waals surface area contributed by atoms with Gasteiger partial charge in [-0.1, -0.05) is 0 Å². The van der Waals surface area contributed by atoms with Gasteiger partial charge >= 0.3 is 6.09 Å². The zero-order valence-electron chi connectivity index (χ0n) is 20.4. The van der Waals surface area contributed by atoms with E-state index in [2.05, 4.69) is 21.8 Å². The minimum Gasteiger partial charge on any atom is -0.444 e. The first kappa shape index (κ1) is 22.5. The van der Waals surface area contributed by atoms with Gasteiger partial charge in [0.15, 0.2) is 5.82 Å². The van der Waals surface area contributed by atoms with E-state index >= 15 is 0 Å². The van der Waals surface area contributed by atoms with E-state index in [1.165, 1.54) is 0 Å². The fourth-order valence-corrected chi connectivity index (χ4v) is 5.10. The third-order valence-electron chi connectivity index (χ3n) is 6.93. The first-order valence-corrected chi connectivity index (χ1v) is 12.0. The number of ether oxygens (including phenoxy) is 1. The van der Waals surface area contributed by atoms with Crippen LogP contribution in [-0.2, 0) is 4.74 Å². The maximum absolute atomic E-state index is 12.6. The summed E-state index contributed by atoms with van der Waals surface area (Å²) in [6.07, 6.45) is 10.1. The Hall–Kier alpha value is -3.29. The lowest BCUT2D eigenvalue weighted by molar-refractivity contribution is 0.0266. The topological polar surface area (TPSA) is 84.3 Å². The van der Waals surface area contributed by atoms with Gasteiger partial charge in [0.25, 0.3) is 0 Å². The van der Waals surface area contributed by atoms with E-state index in [1.54, 1.807) is 12.4 Å². The predicted octanol–water partition coefficient (Wildman–Crippen LogP) is 4.62. The van der Waals surface area contributed by atoms with Gasteiger partial charge < -0.3 is 14.5 Å². The Kier molecular flexibility index (Phi) is 5.62. The average molecular weight is 461 g/mol. The quantitative estimate of drug-likeness (QED) is 0.551. The highest BCUT2D eigenvalue weighted by atomic mass is 16.6. The Bertz CT molecular complexity index is 1200. The summed E-state index contributed by atoms with van der Waals surface area (Å²) >= 11 is 0. The molecule has 0 radical (unpaired) electrons. The molecule has 1 spiro atoms. The molecule has 0 N–H and O–H groups in total. The van der Waals surface area contributed by atoms with Gasteiger partial charge in [-0.15, -0.1) is 0 Å². The predicted molar refractivity (Wildman–Crippen MR) is 132 cm³/mol. The molecule has 8 heteroatoms. The number of hydrogen-bond donors (Lipinski definition) is 0. The first-order valence-electron chi connectivity index (χ1n) is 12.0. The van der Waals surface area contributed by atoms with Gasteiger partial charge in [0.05, 0.1) is 11.7 Å². The Balaban J connectivity index is 1.38. The minimum atomic E-state index is -0.469. The maximum Gasteiger partial charge on any atom is 0.410 e. The van der Waals surface area contributed by atoms with Crippen LogP contribution in [0.3, 0.4) is 0 Å². The number of amides is 1. The SMILES string of the molecule is Cc1cncc2nc(-c3ccncc3)nc(N3CCC4(CCN(C(=O)OC(C)(C)C)C4)CC3)c12. The van der Waals surface area contributed by atoms with Gasteiger partial charge in [0.1, 0.15) is 11.4 Å². The number of likely N-dealkylation sites (tertiary alicyclic amines) is 1. The number of carbonyl (C=O) groups is 1. The summed E-state index contributed by atoms with van der Waals surface area (Å²) in [5.74, 6) is 1.66. The van der Waals surface area contributed by atoms with Crippen molar-refractivity contribution in [2.45, 2.75) is 52.6 Å². The molecule has 2 fully saturated rings. The molecule has 2 saturated heterocycles. The lowest BCUT2D eigenvalue weighted by Gasteiger charge is -2.40. The number of carbonyl (C=O) groups excluding carboxylic acids is 1. The molecule has 2 aliphatic rings. The van der Waals surface area contributed by atoms with Crippen molar-refractivity contribution >= 4 is 22.8 Å². The van der Waals surface area contributed by atoms with E-state index in [0.29, 0.717) is 5.82 Å². The summed E-state index contributed by atoms with van der Waals surface area (Å²) in [5, 5.41) is 1.06. The van der Waals surface area contributed by atoms with Crippen LogP contribution in [0.5, 0.6) is 0 Å². The number of nitrogens with zero attached hydrogens (tertiary/aromatic N) is 6. The Morgan fingerprint density at radius 3 is 2.41 bits per heavy atom. The molecule has 2 aliphatic heterocycles. The molecule has 178 valence electrons. The lowest BCUT2D eigenvalue weighted by Crippen LogP contribution is -2.43. The Labute approximate surface area is 200 Å². The molecule has 1 amide bonds. The summed E-state index contributed by atoms with van der Waals surface area (Å²) in [6, 6.07) is 3.87. The number of anilines is 1. The summed E-state index contributed by atoms with van der Waals surface area (Å²) in [4.78, 5) is 35.2. The molecule has 0 unspecified atom stereocenters. The van der Waals surface area contributed by atoms with E-state index < -0.39 is 5.60 Å². The van der Waals surface area contributed by atoms with Gasteiger partial charge in [-0.2, -0.15) is 0 Å². The van der Waals surface area contributed by atoms with Gasteiger partial charge in [0, 0.05) is 55.7 Å². The van der Waals surface area contributed by atoms with Crippen molar-refractivity contribution in [2.75, 3.05) is 31.1 Å². The van der Waals surface area contributed by atoms with Crippen LogP contribution in [0.2, 0.25) is 0 Å². The minimum absolute atomic E-state index is 0.154. The number of hydrogen-bond acceptors (Lipinski definition) is 7. The highest BCUT2D eigenvalue weighted by Gasteiger charge is 2.43. The second kappa shape index (κ2) is 8.49. The van der Waals surface area contributed by atoms with E-state index in [1.807, 2.05) is 50.2 Å². The Morgan fingerprint density at radius 1 is 1.00 bits per heavy atom. The maximum atomic E-state index is 12.6. The number of aryl methyl sites for hydroxylation is 1. The fourth-order valence-electron chi connectivity index (χ4n) is 5.10. The zero-order valence-corrected chi connectivity index (χ0v) is 20.4. The molecule has 5 rings (SSSR count). The molecule has 3 aromatic heterocycles. The smallest absolute Gasteiger partial charge is 0.410 e. The number of fused-ring (bicyclic) bond motifs is 1. The summed E-state index contributed by atoms with van der Waals surface area (Å²) in [5.41, 5.74) is 2.56. The largest absolute Gasteiger partial charge is 0.444 e. The molecule has 3 aromatic rings. The number of rotatable bonds is 2. The summed E-state index contributed by atoms with van der Waals surface area (Å²) in [7, 11) is 0. The van der Waals surface area contributed by atoms with Gasteiger partial charge in [-0.3, -0.25) is 9.97 Å². The van der Waals surface area contributed by atoms with Crippen LogP contribution in [0.25, 0.3) is 22.3 Å². The molecule has 0 aromatic carbocycles. The molecule has 0 atom stereocenters. The highest BCUT2D eigenvalue weighted by molar-refractivity contribution is 5.93. The molecular formula is C26H32N6O2. The molecule has 5 heterocycles. The Morgan fingerprint density at radius 2 is 1.71 bits per heavy atom. The highest BCUT2D eigenvalue weighted by Crippen LogP contribution is 2.42. The molecule has 0 aliphatic carbocycles. The van der Waals surface area contributed by atoms with Crippen LogP contribution in [0.15, 0.2) is 36.9 Å². The van der Waals surface area contributed by atoms with Crippen LogP contribution in [0, 0.1) is 12.3 Å². The third kappa shape index (κ3) is 4.41.